The smallest absolute Gasteiger partial charge is 0.162 e. The van der Waals surface area contributed by atoms with Crippen LogP contribution < -0.4 is 0 Å². The molecule has 0 saturated carbocycles. The molecule has 0 radical (unpaired) electrons. The fourth-order valence-corrected chi connectivity index (χ4v) is 1.61. The van der Waals surface area contributed by atoms with E-state index >= 15 is 0 Å². The van der Waals surface area contributed by atoms with Crippen molar-refractivity contribution in [3.63, 3.8) is 0 Å². The number of nitrogens with zero attached hydrogens (tertiary/aromatic N) is 3. The van der Waals surface area contributed by atoms with Crippen LogP contribution in [0.5, 0.6) is 0 Å². The molecule has 0 N–H and O–H groups in total. The highest BCUT2D eigenvalue weighted by Crippen LogP contribution is 2.31. The lowest BCUT2D eigenvalue weighted by atomic mass is 10.2. The van der Waals surface area contributed by atoms with E-state index in [1.165, 1.54) is 12.3 Å². The van der Waals surface area contributed by atoms with Gasteiger partial charge in [-0.15, -0.1) is 0 Å². The largest absolute Gasteiger partial charge is 0.236 e. The monoisotopic (exact) mass is 249 g/mol. The van der Waals surface area contributed by atoms with E-state index in [0.717, 1.165) is 0 Å². The molecular weight excluding hydrogens is 245 g/mol. The Labute approximate surface area is 102 Å². The van der Waals surface area contributed by atoms with Crippen molar-refractivity contribution in [1.29, 1.82) is 5.26 Å². The molecule has 1 aromatic heterocycles. The molecule has 0 aliphatic carbocycles. The minimum absolute atomic E-state index is 0.293. The van der Waals surface area contributed by atoms with Gasteiger partial charge in [0.2, 0.25) is 0 Å². The highest BCUT2D eigenvalue weighted by Gasteiger charge is 2.09. The van der Waals surface area contributed by atoms with Gasteiger partial charge < -0.3 is 0 Å². The fraction of sp³-hybridized carbons (Fsp3) is 0. The van der Waals surface area contributed by atoms with Gasteiger partial charge >= 0.3 is 0 Å². The molecule has 2 rings (SSSR count). The van der Waals surface area contributed by atoms with Gasteiger partial charge in [0.25, 0.3) is 0 Å². The average Bonchev–Trinajstić information content (AvgIpc) is 2.33. The molecule has 16 heavy (non-hydrogen) atoms. The first kappa shape index (κ1) is 10.9. The molecule has 78 valence electrons. The van der Waals surface area contributed by atoms with Crippen LogP contribution in [0.2, 0.25) is 10.0 Å². The van der Waals surface area contributed by atoms with Crippen LogP contribution in [0.4, 0.5) is 0 Å². The third-order valence-corrected chi connectivity index (χ3v) is 2.78. The minimum atomic E-state index is 0.293. The van der Waals surface area contributed by atoms with Crippen LogP contribution >= 0.6 is 23.2 Å². The van der Waals surface area contributed by atoms with E-state index in [4.69, 9.17) is 28.5 Å². The third-order valence-electron chi connectivity index (χ3n) is 1.96. The molecule has 0 fully saturated rings. The second-order valence-corrected chi connectivity index (χ2v) is 3.76. The van der Waals surface area contributed by atoms with Gasteiger partial charge in [-0.2, -0.15) is 5.26 Å². The average molecular weight is 250 g/mol. The molecule has 0 unspecified atom stereocenters. The summed E-state index contributed by atoms with van der Waals surface area (Å²) < 4.78 is 0. The highest BCUT2D eigenvalue weighted by atomic mass is 35.5. The van der Waals surface area contributed by atoms with Gasteiger partial charge in [-0.1, -0.05) is 29.3 Å². The van der Waals surface area contributed by atoms with Crippen molar-refractivity contribution in [3.05, 3.63) is 46.2 Å². The molecule has 0 aliphatic rings. The zero-order valence-corrected chi connectivity index (χ0v) is 9.50. The molecular formula is C11H5Cl2N3. The Morgan fingerprint density at radius 1 is 1.19 bits per heavy atom. The van der Waals surface area contributed by atoms with Gasteiger partial charge in [-0.3, -0.25) is 0 Å². The van der Waals surface area contributed by atoms with Crippen molar-refractivity contribution in [2.24, 2.45) is 0 Å². The summed E-state index contributed by atoms with van der Waals surface area (Å²) in [5, 5.41) is 9.56. The van der Waals surface area contributed by atoms with Gasteiger partial charge in [0.15, 0.2) is 5.82 Å². The molecule has 0 aliphatic heterocycles. The van der Waals surface area contributed by atoms with E-state index in [-0.39, 0.29) is 0 Å². The van der Waals surface area contributed by atoms with Crippen LogP contribution in [0.1, 0.15) is 5.69 Å². The van der Waals surface area contributed by atoms with Crippen molar-refractivity contribution < 1.29 is 0 Å². The van der Waals surface area contributed by atoms with Crippen LogP contribution in [-0.4, -0.2) is 9.97 Å². The molecule has 1 aromatic carbocycles. The van der Waals surface area contributed by atoms with Crippen LogP contribution in [0.15, 0.2) is 30.5 Å². The first-order valence-electron chi connectivity index (χ1n) is 4.40. The van der Waals surface area contributed by atoms with Gasteiger partial charge in [0.1, 0.15) is 11.8 Å². The first-order chi connectivity index (χ1) is 7.72. The molecule has 2 aromatic rings. The Balaban J connectivity index is 2.59. The highest BCUT2D eigenvalue weighted by molar-refractivity contribution is 6.43. The molecule has 3 nitrogen and oxygen atoms in total. The summed E-state index contributed by atoms with van der Waals surface area (Å²) in [6.45, 7) is 0. The van der Waals surface area contributed by atoms with Crippen LogP contribution in [0, 0.1) is 11.3 Å². The summed E-state index contributed by atoms with van der Waals surface area (Å²) in [7, 11) is 0. The quantitative estimate of drug-likeness (QED) is 0.779. The van der Waals surface area contributed by atoms with E-state index in [1.54, 1.807) is 18.2 Å². The van der Waals surface area contributed by atoms with Gasteiger partial charge in [0.05, 0.1) is 10.0 Å². The fourth-order valence-electron chi connectivity index (χ4n) is 1.23. The molecule has 1 heterocycles. The lowest BCUT2D eigenvalue weighted by Crippen LogP contribution is -1.92. The van der Waals surface area contributed by atoms with Crippen LogP contribution in [0.3, 0.4) is 0 Å². The predicted octanol–water partition coefficient (Wildman–Crippen LogP) is 3.32. The molecule has 0 bridgehead atoms. The standard InChI is InChI=1S/C11H5Cl2N3/c12-9-3-1-2-8(10(9)13)11-15-5-4-7(6-14)16-11/h1-5H. The summed E-state index contributed by atoms with van der Waals surface area (Å²) in [5.41, 5.74) is 0.910. The summed E-state index contributed by atoms with van der Waals surface area (Å²) in [5.74, 6) is 0.395. The van der Waals surface area contributed by atoms with E-state index in [1.807, 2.05) is 6.07 Å². The summed E-state index contributed by atoms with van der Waals surface area (Å²) in [4.78, 5) is 8.10. The predicted molar refractivity (Wildman–Crippen MR) is 62.2 cm³/mol. The number of hydrogen-bond acceptors (Lipinski definition) is 3. The van der Waals surface area contributed by atoms with Gasteiger partial charge in [-0.05, 0) is 18.2 Å². The minimum Gasteiger partial charge on any atom is -0.236 e. The van der Waals surface area contributed by atoms with E-state index in [2.05, 4.69) is 9.97 Å². The normalized spacial score (nSPS) is 9.81. The number of halogens is 2. The van der Waals surface area contributed by atoms with Crippen molar-refractivity contribution in [2.75, 3.05) is 0 Å². The summed E-state index contributed by atoms with van der Waals surface area (Å²) >= 11 is 11.9. The van der Waals surface area contributed by atoms with E-state index < -0.39 is 0 Å². The van der Waals surface area contributed by atoms with E-state index in [0.29, 0.717) is 27.1 Å². The molecule has 0 spiro atoms. The number of aromatic nitrogens is 2. The summed E-state index contributed by atoms with van der Waals surface area (Å²) in [6.07, 6.45) is 1.51. The Kier molecular flexibility index (Phi) is 3.04. The SMILES string of the molecule is N#Cc1ccnc(-c2cccc(Cl)c2Cl)n1. The van der Waals surface area contributed by atoms with Crippen molar-refractivity contribution in [2.45, 2.75) is 0 Å². The van der Waals surface area contributed by atoms with Crippen LogP contribution in [0.25, 0.3) is 11.4 Å². The maximum absolute atomic E-state index is 8.73. The Morgan fingerprint density at radius 2 is 2.00 bits per heavy atom. The topological polar surface area (TPSA) is 49.6 Å². The number of rotatable bonds is 1. The second-order valence-electron chi connectivity index (χ2n) is 2.98. The molecule has 0 amide bonds. The second kappa shape index (κ2) is 4.48. The maximum Gasteiger partial charge on any atom is 0.162 e. The van der Waals surface area contributed by atoms with Crippen LogP contribution in [-0.2, 0) is 0 Å². The number of hydrogen-bond donors (Lipinski definition) is 0. The van der Waals surface area contributed by atoms with Crippen molar-refractivity contribution >= 4 is 23.2 Å². The summed E-state index contributed by atoms with van der Waals surface area (Å²) in [6, 6.07) is 8.67. The lowest BCUT2D eigenvalue weighted by Gasteiger charge is -2.03. The Morgan fingerprint density at radius 3 is 2.75 bits per heavy atom. The van der Waals surface area contributed by atoms with Gasteiger partial charge in [0, 0.05) is 11.8 Å². The van der Waals surface area contributed by atoms with E-state index in [9.17, 15) is 0 Å². The number of benzene rings is 1. The first-order valence-corrected chi connectivity index (χ1v) is 5.15. The van der Waals surface area contributed by atoms with Crippen molar-refractivity contribution in [3.8, 4) is 17.5 Å². The Hall–Kier alpha value is -1.63. The Bertz CT molecular complexity index is 576. The maximum atomic E-state index is 8.73. The lowest BCUT2D eigenvalue weighted by molar-refractivity contribution is 1.15. The molecule has 0 atom stereocenters. The number of nitriles is 1. The molecule has 0 saturated heterocycles. The zero-order chi connectivity index (χ0) is 11.5. The van der Waals surface area contributed by atoms with Gasteiger partial charge in [-0.25, -0.2) is 9.97 Å². The molecule has 5 heteroatoms. The third kappa shape index (κ3) is 1.99. The zero-order valence-electron chi connectivity index (χ0n) is 7.98. The van der Waals surface area contributed by atoms with Crippen molar-refractivity contribution in [1.82, 2.24) is 9.97 Å².